The van der Waals surface area contributed by atoms with Crippen molar-refractivity contribution in [1.82, 2.24) is 15.5 Å². The van der Waals surface area contributed by atoms with Crippen molar-refractivity contribution in [2.45, 2.75) is 32.6 Å². The highest BCUT2D eigenvalue weighted by Gasteiger charge is 2.23. The average Bonchev–Trinajstić information content (AvgIpc) is 2.52. The van der Waals surface area contributed by atoms with E-state index < -0.39 is 0 Å². The van der Waals surface area contributed by atoms with E-state index in [2.05, 4.69) is 15.6 Å². The Hall–Kier alpha value is -1.82. The summed E-state index contributed by atoms with van der Waals surface area (Å²) in [6, 6.07) is 4.42. The zero-order valence-corrected chi connectivity index (χ0v) is 16.4. The molecule has 1 rings (SSSR count). The first-order valence-corrected chi connectivity index (χ1v) is 8.73. The quantitative estimate of drug-likeness (QED) is 0.573. The van der Waals surface area contributed by atoms with Crippen molar-refractivity contribution in [2.24, 2.45) is 4.99 Å². The van der Waals surface area contributed by atoms with Crippen LogP contribution >= 0.6 is 11.6 Å². The monoisotopic (exact) mass is 370 g/mol. The third-order valence-electron chi connectivity index (χ3n) is 3.77. The van der Waals surface area contributed by atoms with Gasteiger partial charge in [0.1, 0.15) is 5.82 Å². The van der Waals surface area contributed by atoms with Crippen LogP contribution in [0.3, 0.4) is 0 Å². The molecule has 0 aliphatic rings. The van der Waals surface area contributed by atoms with Gasteiger partial charge < -0.3 is 15.5 Å². The SMILES string of the molecule is CCNC(=NCC(C)(C)c1ccc(F)cc1Cl)NCCC(=O)N(C)C. The predicted molar refractivity (Wildman–Crippen MR) is 102 cm³/mol. The van der Waals surface area contributed by atoms with Crippen LogP contribution < -0.4 is 10.6 Å². The van der Waals surface area contributed by atoms with Gasteiger partial charge in [0.2, 0.25) is 5.91 Å². The molecule has 0 spiro atoms. The molecule has 0 radical (unpaired) electrons. The number of carbonyl (C=O) groups is 1. The van der Waals surface area contributed by atoms with Crippen LogP contribution in [0.2, 0.25) is 5.02 Å². The molecular weight excluding hydrogens is 343 g/mol. The second kappa shape index (κ2) is 9.61. The molecule has 0 heterocycles. The molecule has 2 N–H and O–H groups in total. The minimum atomic E-state index is -0.355. The van der Waals surface area contributed by atoms with E-state index in [1.54, 1.807) is 25.1 Å². The van der Waals surface area contributed by atoms with Gasteiger partial charge in [0, 0.05) is 44.0 Å². The summed E-state index contributed by atoms with van der Waals surface area (Å²) >= 11 is 6.18. The number of nitrogens with one attached hydrogen (secondary N) is 2. The summed E-state index contributed by atoms with van der Waals surface area (Å²) in [5.74, 6) is 0.343. The summed E-state index contributed by atoms with van der Waals surface area (Å²) in [7, 11) is 3.47. The van der Waals surface area contributed by atoms with Gasteiger partial charge in [-0.25, -0.2) is 4.39 Å². The van der Waals surface area contributed by atoms with Crippen LogP contribution in [-0.2, 0) is 10.2 Å². The molecule has 7 heteroatoms. The summed E-state index contributed by atoms with van der Waals surface area (Å²) in [6.07, 6.45) is 0.393. The number of halogens is 2. The van der Waals surface area contributed by atoms with Crippen LogP contribution in [0, 0.1) is 5.82 Å². The van der Waals surface area contributed by atoms with Crippen molar-refractivity contribution in [3.8, 4) is 0 Å². The van der Waals surface area contributed by atoms with Crippen molar-refractivity contribution in [1.29, 1.82) is 0 Å². The maximum absolute atomic E-state index is 13.2. The molecule has 0 bridgehead atoms. The van der Waals surface area contributed by atoms with Gasteiger partial charge >= 0.3 is 0 Å². The number of benzene rings is 1. The number of amides is 1. The molecule has 1 amide bonds. The third kappa shape index (κ3) is 6.90. The molecule has 5 nitrogen and oxygen atoms in total. The first kappa shape index (κ1) is 21.2. The lowest BCUT2D eigenvalue weighted by Crippen LogP contribution is -2.40. The summed E-state index contributed by atoms with van der Waals surface area (Å²) in [6.45, 7) is 7.68. The fraction of sp³-hybridized carbons (Fsp3) is 0.556. The maximum atomic E-state index is 13.2. The van der Waals surface area contributed by atoms with Crippen molar-refractivity contribution in [3.05, 3.63) is 34.6 Å². The highest BCUT2D eigenvalue weighted by molar-refractivity contribution is 6.31. The summed E-state index contributed by atoms with van der Waals surface area (Å²) in [5.41, 5.74) is 0.491. The fourth-order valence-electron chi connectivity index (χ4n) is 2.25. The smallest absolute Gasteiger partial charge is 0.223 e. The molecule has 1 aromatic rings. The normalized spacial score (nSPS) is 12.0. The van der Waals surface area contributed by atoms with Crippen molar-refractivity contribution in [2.75, 3.05) is 33.7 Å². The van der Waals surface area contributed by atoms with Crippen molar-refractivity contribution < 1.29 is 9.18 Å². The number of hydrogen-bond donors (Lipinski definition) is 2. The van der Waals surface area contributed by atoms with Crippen LogP contribution in [0.4, 0.5) is 4.39 Å². The molecule has 0 unspecified atom stereocenters. The number of guanidine groups is 1. The topological polar surface area (TPSA) is 56.7 Å². The largest absolute Gasteiger partial charge is 0.357 e. The molecule has 0 atom stereocenters. The van der Waals surface area contributed by atoms with Crippen molar-refractivity contribution >= 4 is 23.5 Å². The fourth-order valence-corrected chi connectivity index (χ4v) is 2.68. The van der Waals surface area contributed by atoms with E-state index in [9.17, 15) is 9.18 Å². The van der Waals surface area contributed by atoms with E-state index in [1.165, 1.54) is 12.1 Å². The molecule has 25 heavy (non-hydrogen) atoms. The standard InChI is InChI=1S/C18H28ClFN4O/c1-6-21-17(22-10-9-16(25)24(4)5)23-12-18(2,3)14-8-7-13(20)11-15(14)19/h7-8,11H,6,9-10,12H2,1-5H3,(H2,21,22,23). The van der Waals surface area contributed by atoms with Crippen LogP contribution in [0.15, 0.2) is 23.2 Å². The van der Waals surface area contributed by atoms with Gasteiger partial charge in [0.05, 0.1) is 6.54 Å². The summed E-state index contributed by atoms with van der Waals surface area (Å²) < 4.78 is 13.2. The van der Waals surface area contributed by atoms with E-state index in [-0.39, 0.29) is 17.1 Å². The number of hydrogen-bond acceptors (Lipinski definition) is 2. The Bertz CT molecular complexity index is 617. The lowest BCUT2D eigenvalue weighted by molar-refractivity contribution is -0.128. The van der Waals surface area contributed by atoms with Gasteiger partial charge in [-0.15, -0.1) is 0 Å². The van der Waals surface area contributed by atoms with Gasteiger partial charge in [0.25, 0.3) is 0 Å². The van der Waals surface area contributed by atoms with Crippen LogP contribution in [0.25, 0.3) is 0 Å². The Labute approximate surface area is 154 Å². The molecular formula is C18H28ClFN4O. The average molecular weight is 371 g/mol. The highest BCUT2D eigenvalue weighted by atomic mass is 35.5. The Balaban J connectivity index is 2.76. The zero-order valence-electron chi connectivity index (χ0n) is 15.6. The van der Waals surface area contributed by atoms with Crippen LogP contribution in [0.5, 0.6) is 0 Å². The second-order valence-corrected chi connectivity index (χ2v) is 7.08. The Morgan fingerprint density at radius 3 is 2.56 bits per heavy atom. The summed E-state index contributed by atoms with van der Waals surface area (Å²) in [4.78, 5) is 17.8. The lowest BCUT2D eigenvalue weighted by Gasteiger charge is -2.25. The summed E-state index contributed by atoms with van der Waals surface area (Å²) in [5, 5.41) is 6.70. The minimum absolute atomic E-state index is 0.0572. The van der Waals surface area contributed by atoms with E-state index in [0.29, 0.717) is 37.0 Å². The number of aliphatic imine (C=N–C) groups is 1. The molecule has 0 fully saturated rings. The first-order valence-electron chi connectivity index (χ1n) is 8.35. The molecule has 0 saturated carbocycles. The van der Waals surface area contributed by atoms with Crippen LogP contribution in [0.1, 0.15) is 32.8 Å². The number of rotatable bonds is 7. The van der Waals surface area contributed by atoms with Crippen molar-refractivity contribution in [3.63, 3.8) is 0 Å². The molecule has 0 saturated heterocycles. The Morgan fingerprint density at radius 1 is 1.32 bits per heavy atom. The highest BCUT2D eigenvalue weighted by Crippen LogP contribution is 2.30. The van der Waals surface area contributed by atoms with E-state index >= 15 is 0 Å². The number of nitrogens with zero attached hydrogens (tertiary/aromatic N) is 2. The molecule has 0 aliphatic carbocycles. The third-order valence-corrected chi connectivity index (χ3v) is 4.08. The predicted octanol–water partition coefficient (Wildman–Crippen LogP) is 2.79. The van der Waals surface area contributed by atoms with Gasteiger partial charge in [-0.1, -0.05) is 31.5 Å². The Morgan fingerprint density at radius 2 is 2.00 bits per heavy atom. The van der Waals surface area contributed by atoms with Gasteiger partial charge in [-0.3, -0.25) is 9.79 Å². The molecule has 0 aliphatic heterocycles. The van der Waals surface area contributed by atoms with E-state index in [0.717, 1.165) is 5.56 Å². The zero-order chi connectivity index (χ0) is 19.0. The molecule has 0 aromatic heterocycles. The molecule has 140 valence electrons. The van der Waals surface area contributed by atoms with Gasteiger partial charge in [0.15, 0.2) is 5.96 Å². The number of carbonyl (C=O) groups excluding carboxylic acids is 1. The second-order valence-electron chi connectivity index (χ2n) is 6.67. The first-order chi connectivity index (χ1) is 11.7. The van der Waals surface area contributed by atoms with Gasteiger partial charge in [-0.2, -0.15) is 0 Å². The lowest BCUT2D eigenvalue weighted by atomic mass is 9.84. The van der Waals surface area contributed by atoms with E-state index in [4.69, 9.17) is 11.6 Å². The van der Waals surface area contributed by atoms with E-state index in [1.807, 2.05) is 20.8 Å². The van der Waals surface area contributed by atoms with Crippen LogP contribution in [-0.4, -0.2) is 50.5 Å². The minimum Gasteiger partial charge on any atom is -0.357 e. The molecule has 1 aromatic carbocycles. The maximum Gasteiger partial charge on any atom is 0.223 e. The Kier molecular flexibility index (Phi) is 8.16. The van der Waals surface area contributed by atoms with Gasteiger partial charge in [-0.05, 0) is 24.6 Å².